The van der Waals surface area contributed by atoms with Gasteiger partial charge in [-0.05, 0) is 59.8 Å². The highest BCUT2D eigenvalue weighted by Gasteiger charge is 2.47. The van der Waals surface area contributed by atoms with Crippen LogP contribution in [0.4, 0.5) is 0 Å². The summed E-state index contributed by atoms with van der Waals surface area (Å²) in [6, 6.07) is 1.03. The first-order valence-electron chi connectivity index (χ1n) is 7.31. The molecule has 1 saturated heterocycles. The smallest absolute Gasteiger partial charge is 0.323 e. The van der Waals surface area contributed by atoms with E-state index in [1.165, 1.54) is 12.8 Å². The number of carboxylic acids is 1. The Hall–Kier alpha value is -0.650. The standard InChI is InChI=1S/C14H27N3O2/c1-15-14(13(18)19)7-6-11(9-14)17-8-4-5-12(17)10-16(2)3/h11-12,15H,4-10H2,1-3H3,(H,18,19). The van der Waals surface area contributed by atoms with Crippen molar-refractivity contribution < 1.29 is 9.90 Å². The zero-order chi connectivity index (χ0) is 14.0. The molecule has 0 aromatic rings. The minimum Gasteiger partial charge on any atom is -0.480 e. The zero-order valence-corrected chi connectivity index (χ0v) is 12.4. The van der Waals surface area contributed by atoms with Crippen LogP contribution in [0, 0.1) is 0 Å². The lowest BCUT2D eigenvalue weighted by molar-refractivity contribution is -0.144. The SMILES string of the molecule is CNC1(C(=O)O)CCC(N2CCCC2CN(C)C)C1. The van der Waals surface area contributed by atoms with Gasteiger partial charge in [0.2, 0.25) is 0 Å². The van der Waals surface area contributed by atoms with Crippen LogP contribution in [0.3, 0.4) is 0 Å². The predicted octanol–water partition coefficient (Wildman–Crippen LogP) is 0.608. The van der Waals surface area contributed by atoms with E-state index in [4.69, 9.17) is 0 Å². The second-order valence-electron chi connectivity index (χ2n) is 6.33. The highest BCUT2D eigenvalue weighted by Crippen LogP contribution is 2.36. The third-order valence-corrected chi connectivity index (χ3v) is 4.84. The molecule has 3 atom stereocenters. The maximum Gasteiger partial charge on any atom is 0.323 e. The van der Waals surface area contributed by atoms with Crippen LogP contribution >= 0.6 is 0 Å². The predicted molar refractivity (Wildman–Crippen MR) is 75.3 cm³/mol. The minimum atomic E-state index is -0.698. The summed E-state index contributed by atoms with van der Waals surface area (Å²) in [4.78, 5) is 16.3. The van der Waals surface area contributed by atoms with E-state index < -0.39 is 11.5 Å². The van der Waals surface area contributed by atoms with Crippen molar-refractivity contribution in [3.63, 3.8) is 0 Å². The number of aliphatic carboxylic acids is 1. The van der Waals surface area contributed by atoms with Gasteiger partial charge in [0, 0.05) is 18.6 Å². The minimum absolute atomic E-state index is 0.427. The lowest BCUT2D eigenvalue weighted by Gasteiger charge is -2.33. The van der Waals surface area contributed by atoms with Crippen molar-refractivity contribution in [3.8, 4) is 0 Å². The Morgan fingerprint density at radius 3 is 2.74 bits per heavy atom. The van der Waals surface area contributed by atoms with E-state index in [0.717, 1.165) is 32.4 Å². The van der Waals surface area contributed by atoms with E-state index >= 15 is 0 Å². The van der Waals surface area contributed by atoms with Gasteiger partial charge in [-0.3, -0.25) is 9.69 Å². The van der Waals surface area contributed by atoms with Crippen molar-refractivity contribution in [2.75, 3.05) is 34.2 Å². The van der Waals surface area contributed by atoms with Crippen molar-refractivity contribution >= 4 is 5.97 Å². The highest BCUT2D eigenvalue weighted by molar-refractivity contribution is 5.79. The van der Waals surface area contributed by atoms with Crippen LogP contribution < -0.4 is 5.32 Å². The first-order chi connectivity index (χ1) is 8.98. The molecule has 0 amide bonds. The summed E-state index contributed by atoms with van der Waals surface area (Å²) in [6.07, 6.45) is 4.97. The van der Waals surface area contributed by atoms with E-state index in [1.54, 1.807) is 7.05 Å². The number of carboxylic acid groups (broad SMARTS) is 1. The molecule has 2 aliphatic rings. The van der Waals surface area contributed by atoms with E-state index in [1.807, 2.05) is 0 Å². The van der Waals surface area contributed by atoms with Crippen molar-refractivity contribution in [3.05, 3.63) is 0 Å². The molecule has 1 heterocycles. The van der Waals surface area contributed by atoms with Crippen LogP contribution in [0.5, 0.6) is 0 Å². The van der Waals surface area contributed by atoms with Gasteiger partial charge in [0.1, 0.15) is 5.54 Å². The molecular weight excluding hydrogens is 242 g/mol. The first kappa shape index (κ1) is 14.8. The summed E-state index contributed by atoms with van der Waals surface area (Å²) in [6.45, 7) is 2.21. The number of likely N-dealkylation sites (tertiary alicyclic amines) is 1. The molecule has 5 heteroatoms. The average molecular weight is 269 g/mol. The summed E-state index contributed by atoms with van der Waals surface area (Å²) in [5.41, 5.74) is -0.698. The highest BCUT2D eigenvalue weighted by atomic mass is 16.4. The topological polar surface area (TPSA) is 55.8 Å². The second kappa shape index (κ2) is 5.77. The van der Waals surface area contributed by atoms with Gasteiger partial charge in [-0.25, -0.2) is 0 Å². The van der Waals surface area contributed by atoms with Gasteiger partial charge in [0.05, 0.1) is 0 Å². The molecule has 110 valence electrons. The molecule has 1 saturated carbocycles. The lowest BCUT2D eigenvalue weighted by atomic mass is 9.97. The second-order valence-corrected chi connectivity index (χ2v) is 6.33. The summed E-state index contributed by atoms with van der Waals surface area (Å²) in [5, 5.41) is 12.5. The Morgan fingerprint density at radius 2 is 2.21 bits per heavy atom. The molecule has 1 aliphatic heterocycles. The maximum atomic E-state index is 11.5. The Balaban J connectivity index is 2.01. The molecule has 0 spiro atoms. The van der Waals surface area contributed by atoms with Crippen LogP contribution in [-0.4, -0.2) is 72.7 Å². The van der Waals surface area contributed by atoms with Gasteiger partial charge in [-0.1, -0.05) is 0 Å². The van der Waals surface area contributed by atoms with E-state index in [2.05, 4.69) is 29.2 Å². The molecule has 2 rings (SSSR count). The van der Waals surface area contributed by atoms with Gasteiger partial charge >= 0.3 is 5.97 Å². The van der Waals surface area contributed by atoms with Crippen molar-refractivity contribution in [1.29, 1.82) is 0 Å². The number of carbonyl (C=O) groups is 1. The Labute approximate surface area is 115 Å². The van der Waals surface area contributed by atoms with Crippen LogP contribution in [-0.2, 0) is 4.79 Å². The first-order valence-corrected chi connectivity index (χ1v) is 7.31. The Bertz CT molecular complexity index is 335. The number of nitrogens with one attached hydrogen (secondary N) is 1. The van der Waals surface area contributed by atoms with Crippen molar-refractivity contribution in [2.45, 2.75) is 49.7 Å². The summed E-state index contributed by atoms with van der Waals surface area (Å²) in [5.74, 6) is -0.694. The molecule has 0 radical (unpaired) electrons. The van der Waals surface area contributed by atoms with Crippen molar-refractivity contribution in [2.24, 2.45) is 0 Å². The zero-order valence-electron chi connectivity index (χ0n) is 12.4. The number of nitrogens with zero attached hydrogens (tertiary/aromatic N) is 2. The molecular formula is C14H27N3O2. The summed E-state index contributed by atoms with van der Waals surface area (Å²) >= 11 is 0. The van der Waals surface area contributed by atoms with Gasteiger partial charge in [-0.15, -0.1) is 0 Å². The monoisotopic (exact) mass is 269 g/mol. The normalized spacial score (nSPS) is 36.2. The molecule has 2 fully saturated rings. The molecule has 5 nitrogen and oxygen atoms in total. The fourth-order valence-corrected chi connectivity index (χ4v) is 3.79. The Kier molecular flexibility index (Phi) is 4.48. The number of likely N-dealkylation sites (N-methyl/N-ethyl adjacent to an activating group) is 2. The summed E-state index contributed by atoms with van der Waals surface area (Å²) < 4.78 is 0. The van der Waals surface area contributed by atoms with Gasteiger partial charge in [-0.2, -0.15) is 0 Å². The van der Waals surface area contributed by atoms with Crippen LogP contribution in [0.2, 0.25) is 0 Å². The van der Waals surface area contributed by atoms with E-state index in [0.29, 0.717) is 12.1 Å². The molecule has 0 aromatic carbocycles. The third-order valence-electron chi connectivity index (χ3n) is 4.84. The van der Waals surface area contributed by atoms with Crippen molar-refractivity contribution in [1.82, 2.24) is 15.1 Å². The Morgan fingerprint density at radius 1 is 1.47 bits per heavy atom. The molecule has 2 N–H and O–H groups in total. The van der Waals surface area contributed by atoms with Gasteiger partial charge in [0.25, 0.3) is 0 Å². The third kappa shape index (κ3) is 2.93. The molecule has 19 heavy (non-hydrogen) atoms. The fraction of sp³-hybridized carbons (Fsp3) is 0.929. The largest absolute Gasteiger partial charge is 0.480 e. The average Bonchev–Trinajstić information content (AvgIpc) is 2.94. The lowest BCUT2D eigenvalue weighted by Crippen LogP contribution is -2.50. The number of hydrogen-bond acceptors (Lipinski definition) is 4. The molecule has 3 unspecified atom stereocenters. The van der Waals surface area contributed by atoms with E-state index in [-0.39, 0.29) is 0 Å². The summed E-state index contributed by atoms with van der Waals surface area (Å²) in [7, 11) is 6.00. The molecule has 0 bridgehead atoms. The number of rotatable bonds is 5. The van der Waals surface area contributed by atoms with Gasteiger partial charge in [0.15, 0.2) is 0 Å². The number of hydrogen-bond donors (Lipinski definition) is 2. The van der Waals surface area contributed by atoms with Crippen LogP contribution in [0.25, 0.3) is 0 Å². The maximum absolute atomic E-state index is 11.5. The van der Waals surface area contributed by atoms with E-state index in [9.17, 15) is 9.90 Å². The van der Waals surface area contributed by atoms with Gasteiger partial charge < -0.3 is 15.3 Å². The molecule has 0 aromatic heterocycles. The van der Waals surface area contributed by atoms with Crippen LogP contribution in [0.15, 0.2) is 0 Å². The molecule has 1 aliphatic carbocycles. The van der Waals surface area contributed by atoms with Crippen LogP contribution in [0.1, 0.15) is 32.1 Å². The fourth-order valence-electron chi connectivity index (χ4n) is 3.79. The quantitative estimate of drug-likeness (QED) is 0.766.